The predicted octanol–water partition coefficient (Wildman–Crippen LogP) is 4.08. The molecule has 5 heteroatoms. The van der Waals surface area contributed by atoms with E-state index in [4.69, 9.17) is 10.6 Å². The Kier molecular flexibility index (Phi) is 5.11. The summed E-state index contributed by atoms with van der Waals surface area (Å²) in [6.45, 7) is 8.85. The lowest BCUT2D eigenvalue weighted by Gasteiger charge is -2.42. The average Bonchev–Trinajstić information content (AvgIpc) is 2.66. The lowest BCUT2D eigenvalue weighted by Crippen LogP contribution is -2.34. The highest BCUT2D eigenvalue weighted by Gasteiger charge is 2.37. The first kappa shape index (κ1) is 19.8. The molecule has 0 aromatic heterocycles. The van der Waals surface area contributed by atoms with E-state index >= 15 is 0 Å². The van der Waals surface area contributed by atoms with Gasteiger partial charge in [0.2, 0.25) is 0 Å². The van der Waals surface area contributed by atoms with Crippen molar-refractivity contribution in [3.63, 3.8) is 0 Å². The Hall–Kier alpha value is -2.95. The second-order valence-corrected chi connectivity index (χ2v) is 8.58. The summed E-state index contributed by atoms with van der Waals surface area (Å²) in [7, 11) is 0. The summed E-state index contributed by atoms with van der Waals surface area (Å²) < 4.78 is 0. The molecule has 2 aromatic carbocycles. The Morgan fingerprint density at radius 1 is 0.893 bits per heavy atom. The highest BCUT2D eigenvalue weighted by atomic mass is 16.7. The van der Waals surface area contributed by atoms with Crippen molar-refractivity contribution >= 4 is 17.6 Å². The van der Waals surface area contributed by atoms with E-state index < -0.39 is 11.9 Å². The maximum absolute atomic E-state index is 12.1. The minimum absolute atomic E-state index is 0.0235. The first-order valence-electron chi connectivity index (χ1n) is 9.41. The molecule has 0 heterocycles. The smallest absolute Gasteiger partial charge is 0.364 e. The van der Waals surface area contributed by atoms with Crippen LogP contribution in [-0.2, 0) is 20.5 Å². The number of nitrogens with two attached hydrogens (primary N) is 1. The molecule has 0 aliphatic heterocycles. The molecule has 0 spiro atoms. The molecule has 0 radical (unpaired) electrons. The number of rotatable bonds is 4. The Morgan fingerprint density at radius 3 is 2.11 bits per heavy atom. The van der Waals surface area contributed by atoms with Gasteiger partial charge in [-0.2, -0.15) is 0 Å². The molecule has 5 nitrogen and oxygen atoms in total. The molecule has 28 heavy (non-hydrogen) atoms. The molecule has 2 N–H and O–H groups in total. The molecule has 0 saturated heterocycles. The van der Waals surface area contributed by atoms with Crippen LogP contribution in [0.2, 0.25) is 0 Å². The van der Waals surface area contributed by atoms with Gasteiger partial charge >= 0.3 is 5.97 Å². The van der Waals surface area contributed by atoms with Crippen molar-refractivity contribution in [3.05, 3.63) is 70.8 Å². The first-order chi connectivity index (χ1) is 13.1. The number of hydrogen-bond donors (Lipinski definition) is 1. The zero-order chi connectivity index (χ0) is 20.5. The van der Waals surface area contributed by atoms with Gasteiger partial charge in [0.05, 0.1) is 5.56 Å². The number of carbonyl (C=O) groups excluding carboxylic acids is 2. The summed E-state index contributed by atoms with van der Waals surface area (Å²) in [5.41, 5.74) is 8.84. The Labute approximate surface area is 165 Å². The van der Waals surface area contributed by atoms with Gasteiger partial charge in [-0.3, -0.25) is 4.79 Å². The van der Waals surface area contributed by atoms with Crippen LogP contribution in [0.4, 0.5) is 0 Å². The number of carbonyl (C=O) groups is 2. The summed E-state index contributed by atoms with van der Waals surface area (Å²) in [6.07, 6.45) is 2.14. The molecule has 0 atom stereocenters. The fourth-order valence-electron chi connectivity index (χ4n) is 3.69. The number of oxime groups is 1. The number of nitrogens with zero attached hydrogens (tertiary/aromatic N) is 1. The first-order valence-corrected chi connectivity index (χ1v) is 9.41. The van der Waals surface area contributed by atoms with Crippen LogP contribution in [-0.4, -0.2) is 17.6 Å². The van der Waals surface area contributed by atoms with Gasteiger partial charge in [0, 0.05) is 5.56 Å². The van der Waals surface area contributed by atoms with Crippen LogP contribution in [0.25, 0.3) is 0 Å². The topological polar surface area (TPSA) is 81.8 Å². The predicted molar refractivity (Wildman–Crippen MR) is 109 cm³/mol. The lowest BCUT2D eigenvalue weighted by atomic mass is 9.63. The summed E-state index contributed by atoms with van der Waals surface area (Å²) in [4.78, 5) is 29.1. The van der Waals surface area contributed by atoms with E-state index in [1.165, 1.54) is 11.1 Å². The maximum Gasteiger partial charge on any atom is 0.365 e. The average molecular weight is 378 g/mol. The van der Waals surface area contributed by atoms with E-state index in [1.54, 1.807) is 30.3 Å². The van der Waals surface area contributed by atoms with Gasteiger partial charge in [0.1, 0.15) is 0 Å². The van der Waals surface area contributed by atoms with Crippen LogP contribution in [0.15, 0.2) is 53.7 Å². The third kappa shape index (κ3) is 3.84. The van der Waals surface area contributed by atoms with Crippen molar-refractivity contribution in [2.45, 2.75) is 51.4 Å². The van der Waals surface area contributed by atoms with Crippen molar-refractivity contribution in [1.29, 1.82) is 0 Å². The standard InChI is InChI=1S/C23H26N2O3/c1-22(2)12-13-23(3,4)18-14-16(10-11-17(18)22)19(20(24)26)25-28-21(27)15-8-6-5-7-9-15/h5-11,14H,12-13H2,1-4H3,(H2,24,26). The number of primary amides is 1. The summed E-state index contributed by atoms with van der Waals surface area (Å²) in [5.74, 6) is -1.38. The van der Waals surface area contributed by atoms with Gasteiger partial charge in [-0.05, 0) is 53.0 Å². The zero-order valence-electron chi connectivity index (χ0n) is 16.8. The molecule has 0 saturated carbocycles. The van der Waals surface area contributed by atoms with E-state index in [0.29, 0.717) is 11.1 Å². The molecule has 1 aliphatic carbocycles. The monoisotopic (exact) mass is 378 g/mol. The molecular weight excluding hydrogens is 352 g/mol. The largest absolute Gasteiger partial charge is 0.365 e. The molecule has 2 aromatic rings. The van der Waals surface area contributed by atoms with E-state index in [1.807, 2.05) is 18.2 Å². The number of benzene rings is 2. The Balaban J connectivity index is 1.97. The van der Waals surface area contributed by atoms with Crippen molar-refractivity contribution in [2.24, 2.45) is 10.9 Å². The fraction of sp³-hybridized carbons (Fsp3) is 0.348. The van der Waals surface area contributed by atoms with Gasteiger partial charge in [-0.25, -0.2) is 4.79 Å². The van der Waals surface area contributed by atoms with E-state index in [9.17, 15) is 9.59 Å². The quantitative estimate of drug-likeness (QED) is 0.494. The van der Waals surface area contributed by atoms with Gasteiger partial charge in [0.25, 0.3) is 5.91 Å². The highest BCUT2D eigenvalue weighted by Crippen LogP contribution is 2.45. The van der Waals surface area contributed by atoms with Crippen LogP contribution in [0, 0.1) is 0 Å². The summed E-state index contributed by atoms with van der Waals surface area (Å²) in [5, 5.41) is 3.80. The Morgan fingerprint density at radius 2 is 1.50 bits per heavy atom. The third-order valence-electron chi connectivity index (χ3n) is 5.59. The van der Waals surface area contributed by atoms with E-state index in [2.05, 4.69) is 32.9 Å². The molecule has 1 amide bonds. The normalized spacial score (nSPS) is 17.5. The fourth-order valence-corrected chi connectivity index (χ4v) is 3.69. The molecule has 0 fully saturated rings. The van der Waals surface area contributed by atoms with Crippen LogP contribution in [0.3, 0.4) is 0 Å². The number of hydrogen-bond acceptors (Lipinski definition) is 4. The van der Waals surface area contributed by atoms with Crippen molar-refractivity contribution < 1.29 is 14.4 Å². The maximum atomic E-state index is 12.1. The molecule has 3 rings (SSSR count). The van der Waals surface area contributed by atoms with Gasteiger partial charge in [-0.15, -0.1) is 0 Å². The second kappa shape index (κ2) is 7.23. The highest BCUT2D eigenvalue weighted by molar-refractivity contribution is 6.44. The van der Waals surface area contributed by atoms with Crippen LogP contribution >= 0.6 is 0 Å². The van der Waals surface area contributed by atoms with Crippen LogP contribution in [0.5, 0.6) is 0 Å². The van der Waals surface area contributed by atoms with Crippen molar-refractivity contribution in [1.82, 2.24) is 0 Å². The summed E-state index contributed by atoms with van der Waals surface area (Å²) >= 11 is 0. The van der Waals surface area contributed by atoms with Gasteiger partial charge in [0.15, 0.2) is 5.71 Å². The summed E-state index contributed by atoms with van der Waals surface area (Å²) in [6, 6.07) is 14.3. The second-order valence-electron chi connectivity index (χ2n) is 8.58. The molecule has 146 valence electrons. The Bertz CT molecular complexity index is 944. The van der Waals surface area contributed by atoms with Crippen LogP contribution in [0.1, 0.15) is 67.6 Å². The van der Waals surface area contributed by atoms with Gasteiger partial charge in [-0.1, -0.05) is 63.2 Å². The number of amides is 1. The van der Waals surface area contributed by atoms with E-state index in [0.717, 1.165) is 12.8 Å². The third-order valence-corrected chi connectivity index (χ3v) is 5.59. The van der Waals surface area contributed by atoms with Crippen molar-refractivity contribution in [3.8, 4) is 0 Å². The number of fused-ring (bicyclic) bond motifs is 1. The minimum Gasteiger partial charge on any atom is -0.364 e. The molecular formula is C23H26N2O3. The van der Waals surface area contributed by atoms with E-state index in [-0.39, 0.29) is 16.5 Å². The lowest BCUT2D eigenvalue weighted by molar-refractivity contribution is -0.112. The van der Waals surface area contributed by atoms with Gasteiger partial charge < -0.3 is 10.6 Å². The zero-order valence-corrected chi connectivity index (χ0v) is 16.8. The van der Waals surface area contributed by atoms with Crippen LogP contribution < -0.4 is 5.73 Å². The molecule has 1 aliphatic rings. The van der Waals surface area contributed by atoms with Crippen molar-refractivity contribution in [2.75, 3.05) is 0 Å². The SMILES string of the molecule is CC1(C)CCC(C)(C)c2cc(C(=NOC(=O)c3ccccc3)C(N)=O)ccc21. The molecule has 0 bridgehead atoms. The minimum atomic E-state index is -0.742. The molecule has 0 unspecified atom stereocenters.